The van der Waals surface area contributed by atoms with Gasteiger partial charge in [0.15, 0.2) is 0 Å². The standard InChI is InChI=1S/C23H31N3O/c1-3-25(4-2)18-20-7-11-21(12-8-20)23(27)24-17-19-9-13-22(14-10-19)26-15-5-6-16-26/h7-14H,3-6,15-18H2,1-2H3,(H,24,27). The van der Waals surface area contributed by atoms with Crippen molar-refractivity contribution in [2.45, 2.75) is 39.8 Å². The first-order chi connectivity index (χ1) is 13.2. The third-order valence-corrected chi connectivity index (χ3v) is 5.38. The van der Waals surface area contributed by atoms with Crippen LogP contribution in [0.15, 0.2) is 48.5 Å². The van der Waals surface area contributed by atoms with Crippen LogP contribution >= 0.6 is 0 Å². The van der Waals surface area contributed by atoms with Crippen LogP contribution < -0.4 is 10.2 Å². The van der Waals surface area contributed by atoms with Gasteiger partial charge in [-0.05, 0) is 61.3 Å². The number of carbonyl (C=O) groups excluding carboxylic acids is 1. The van der Waals surface area contributed by atoms with Crippen LogP contribution in [-0.4, -0.2) is 37.0 Å². The van der Waals surface area contributed by atoms with Gasteiger partial charge in [-0.15, -0.1) is 0 Å². The van der Waals surface area contributed by atoms with E-state index >= 15 is 0 Å². The minimum atomic E-state index is -0.0204. The first-order valence-corrected chi connectivity index (χ1v) is 10.1. The Bertz CT molecular complexity index is 714. The normalized spacial score (nSPS) is 14.0. The van der Waals surface area contributed by atoms with Crippen molar-refractivity contribution in [1.29, 1.82) is 0 Å². The zero-order chi connectivity index (χ0) is 19.1. The minimum absolute atomic E-state index is 0.0204. The van der Waals surface area contributed by atoms with Crippen molar-refractivity contribution in [1.82, 2.24) is 10.2 Å². The minimum Gasteiger partial charge on any atom is -0.372 e. The molecule has 0 radical (unpaired) electrons. The van der Waals surface area contributed by atoms with Gasteiger partial charge in [0, 0.05) is 37.4 Å². The van der Waals surface area contributed by atoms with Gasteiger partial charge in [-0.3, -0.25) is 9.69 Å². The van der Waals surface area contributed by atoms with Crippen LogP contribution in [0.25, 0.3) is 0 Å². The number of amides is 1. The van der Waals surface area contributed by atoms with Crippen LogP contribution in [0.1, 0.15) is 48.2 Å². The predicted octanol–water partition coefficient (Wildman–Crippen LogP) is 4.06. The Morgan fingerprint density at radius 1 is 0.926 bits per heavy atom. The van der Waals surface area contributed by atoms with Gasteiger partial charge in [0.1, 0.15) is 0 Å². The van der Waals surface area contributed by atoms with Gasteiger partial charge in [-0.2, -0.15) is 0 Å². The average molecular weight is 366 g/mol. The van der Waals surface area contributed by atoms with Crippen LogP contribution in [0.3, 0.4) is 0 Å². The summed E-state index contributed by atoms with van der Waals surface area (Å²) in [6.07, 6.45) is 2.57. The van der Waals surface area contributed by atoms with E-state index in [2.05, 4.69) is 65.4 Å². The van der Waals surface area contributed by atoms with E-state index in [0.29, 0.717) is 12.1 Å². The Balaban J connectivity index is 1.51. The largest absolute Gasteiger partial charge is 0.372 e. The van der Waals surface area contributed by atoms with Gasteiger partial charge in [0.05, 0.1) is 0 Å². The highest BCUT2D eigenvalue weighted by Crippen LogP contribution is 2.20. The average Bonchev–Trinajstić information content (AvgIpc) is 3.26. The molecular weight excluding hydrogens is 334 g/mol. The number of hydrogen-bond donors (Lipinski definition) is 1. The monoisotopic (exact) mass is 365 g/mol. The highest BCUT2D eigenvalue weighted by molar-refractivity contribution is 5.94. The summed E-state index contributed by atoms with van der Waals surface area (Å²) in [4.78, 5) is 17.2. The molecule has 1 saturated heterocycles. The van der Waals surface area contributed by atoms with E-state index in [9.17, 15) is 4.79 Å². The smallest absolute Gasteiger partial charge is 0.251 e. The molecule has 27 heavy (non-hydrogen) atoms. The molecule has 144 valence electrons. The van der Waals surface area contributed by atoms with Crippen molar-refractivity contribution in [2.75, 3.05) is 31.1 Å². The van der Waals surface area contributed by atoms with Crippen LogP contribution in [0, 0.1) is 0 Å². The Morgan fingerprint density at radius 2 is 1.52 bits per heavy atom. The van der Waals surface area contributed by atoms with Crippen molar-refractivity contribution < 1.29 is 4.79 Å². The maximum absolute atomic E-state index is 12.4. The summed E-state index contributed by atoms with van der Waals surface area (Å²) in [6.45, 7) is 10.2. The van der Waals surface area contributed by atoms with Crippen molar-refractivity contribution in [3.8, 4) is 0 Å². The Morgan fingerprint density at radius 3 is 2.11 bits per heavy atom. The van der Waals surface area contributed by atoms with E-state index in [0.717, 1.165) is 38.3 Å². The molecule has 0 saturated carbocycles. The lowest BCUT2D eigenvalue weighted by molar-refractivity contribution is 0.0951. The quantitative estimate of drug-likeness (QED) is 0.766. The molecule has 4 heteroatoms. The molecule has 0 aliphatic carbocycles. The third kappa shape index (κ3) is 5.33. The SMILES string of the molecule is CCN(CC)Cc1ccc(C(=O)NCc2ccc(N3CCCC3)cc2)cc1. The summed E-state index contributed by atoms with van der Waals surface area (Å²) in [5.74, 6) is -0.0204. The maximum atomic E-state index is 12.4. The molecule has 0 aromatic heterocycles. The first-order valence-electron chi connectivity index (χ1n) is 10.1. The molecule has 1 aliphatic rings. The van der Waals surface area contributed by atoms with E-state index in [1.165, 1.54) is 24.1 Å². The van der Waals surface area contributed by atoms with Crippen molar-refractivity contribution >= 4 is 11.6 Å². The maximum Gasteiger partial charge on any atom is 0.251 e. The topological polar surface area (TPSA) is 35.6 Å². The summed E-state index contributed by atoms with van der Waals surface area (Å²) in [5.41, 5.74) is 4.37. The Kier molecular flexibility index (Phi) is 6.88. The first kappa shape index (κ1) is 19.4. The highest BCUT2D eigenvalue weighted by Gasteiger charge is 2.12. The molecule has 1 fully saturated rings. The zero-order valence-corrected chi connectivity index (χ0v) is 16.6. The van der Waals surface area contributed by atoms with Crippen molar-refractivity contribution in [3.63, 3.8) is 0 Å². The van der Waals surface area contributed by atoms with Gasteiger partial charge < -0.3 is 10.2 Å². The third-order valence-electron chi connectivity index (χ3n) is 5.38. The Hall–Kier alpha value is -2.33. The lowest BCUT2D eigenvalue weighted by atomic mass is 10.1. The second-order valence-electron chi connectivity index (χ2n) is 7.20. The molecule has 2 aromatic rings. The van der Waals surface area contributed by atoms with E-state index in [1.54, 1.807) is 0 Å². The van der Waals surface area contributed by atoms with Crippen LogP contribution in [0.2, 0.25) is 0 Å². The second-order valence-corrected chi connectivity index (χ2v) is 7.20. The molecule has 4 nitrogen and oxygen atoms in total. The van der Waals surface area contributed by atoms with Gasteiger partial charge in [0.25, 0.3) is 5.91 Å². The molecule has 2 aromatic carbocycles. The lowest BCUT2D eigenvalue weighted by Gasteiger charge is -2.18. The molecular formula is C23H31N3O. The molecule has 3 rings (SSSR count). The molecule has 1 amide bonds. The summed E-state index contributed by atoms with van der Waals surface area (Å²) in [6, 6.07) is 16.5. The molecule has 0 spiro atoms. The lowest BCUT2D eigenvalue weighted by Crippen LogP contribution is -2.23. The number of anilines is 1. The molecule has 0 unspecified atom stereocenters. The van der Waals surface area contributed by atoms with Gasteiger partial charge in [0.2, 0.25) is 0 Å². The highest BCUT2D eigenvalue weighted by atomic mass is 16.1. The number of rotatable bonds is 8. The van der Waals surface area contributed by atoms with E-state index in [-0.39, 0.29) is 5.91 Å². The fraction of sp³-hybridized carbons (Fsp3) is 0.435. The van der Waals surface area contributed by atoms with E-state index in [4.69, 9.17) is 0 Å². The van der Waals surface area contributed by atoms with Crippen molar-refractivity contribution in [2.24, 2.45) is 0 Å². The zero-order valence-electron chi connectivity index (χ0n) is 16.6. The number of carbonyl (C=O) groups is 1. The van der Waals surface area contributed by atoms with Gasteiger partial charge >= 0.3 is 0 Å². The molecule has 1 aliphatic heterocycles. The fourth-order valence-electron chi connectivity index (χ4n) is 3.55. The summed E-state index contributed by atoms with van der Waals surface area (Å²) in [7, 11) is 0. The molecule has 0 atom stereocenters. The van der Waals surface area contributed by atoms with E-state index in [1.807, 2.05) is 12.1 Å². The van der Waals surface area contributed by atoms with Crippen LogP contribution in [0.5, 0.6) is 0 Å². The van der Waals surface area contributed by atoms with Gasteiger partial charge in [-0.1, -0.05) is 38.1 Å². The molecule has 1 heterocycles. The number of nitrogens with zero attached hydrogens (tertiary/aromatic N) is 2. The van der Waals surface area contributed by atoms with Crippen LogP contribution in [0.4, 0.5) is 5.69 Å². The van der Waals surface area contributed by atoms with Crippen molar-refractivity contribution in [3.05, 3.63) is 65.2 Å². The van der Waals surface area contributed by atoms with Crippen LogP contribution in [-0.2, 0) is 13.1 Å². The van der Waals surface area contributed by atoms with E-state index < -0.39 is 0 Å². The second kappa shape index (κ2) is 9.56. The number of nitrogens with one attached hydrogen (secondary N) is 1. The fourth-order valence-corrected chi connectivity index (χ4v) is 3.55. The summed E-state index contributed by atoms with van der Waals surface area (Å²) < 4.78 is 0. The molecule has 1 N–H and O–H groups in total. The Labute approximate surface area is 163 Å². The van der Waals surface area contributed by atoms with Gasteiger partial charge in [-0.25, -0.2) is 0 Å². The summed E-state index contributed by atoms with van der Waals surface area (Å²) >= 11 is 0. The summed E-state index contributed by atoms with van der Waals surface area (Å²) in [5, 5.41) is 3.02. The molecule has 0 bridgehead atoms. The predicted molar refractivity (Wildman–Crippen MR) is 112 cm³/mol. The number of benzene rings is 2. The number of hydrogen-bond acceptors (Lipinski definition) is 3.